The maximum absolute atomic E-state index is 12.8. The molecule has 19 heavy (non-hydrogen) atoms. The van der Waals surface area contributed by atoms with E-state index in [0.29, 0.717) is 5.56 Å². The van der Waals surface area contributed by atoms with Gasteiger partial charge in [-0.15, -0.1) is 0 Å². The van der Waals surface area contributed by atoms with Crippen LogP contribution in [0.1, 0.15) is 28.9 Å². The second-order valence-electron chi connectivity index (χ2n) is 4.60. The third-order valence-electron chi connectivity index (χ3n) is 3.27. The number of nitrogens with two attached hydrogens (primary N) is 1. The maximum Gasteiger partial charge on any atom is 0.167 e. The van der Waals surface area contributed by atoms with E-state index in [1.807, 2.05) is 30.3 Å². The van der Waals surface area contributed by atoms with E-state index in [4.69, 9.17) is 5.73 Å². The fraction of sp³-hybridized carbons (Fsp3) is 0.188. The Morgan fingerprint density at radius 1 is 1.05 bits per heavy atom. The Morgan fingerprint density at radius 2 is 1.63 bits per heavy atom. The minimum absolute atomic E-state index is 0.0728. The van der Waals surface area contributed by atoms with Crippen molar-refractivity contribution in [2.75, 3.05) is 0 Å². The summed E-state index contributed by atoms with van der Waals surface area (Å²) in [7, 11) is 0. The summed E-state index contributed by atoms with van der Waals surface area (Å²) in [5, 5.41) is 0. The molecule has 0 aliphatic heterocycles. The molecule has 2 nitrogen and oxygen atoms in total. The van der Waals surface area contributed by atoms with E-state index in [2.05, 4.69) is 0 Å². The Hall–Kier alpha value is -2.00. The highest BCUT2D eigenvalue weighted by atomic mass is 19.1. The molecule has 0 spiro atoms. The van der Waals surface area contributed by atoms with E-state index in [0.717, 1.165) is 5.56 Å². The molecule has 0 amide bonds. The van der Waals surface area contributed by atoms with Gasteiger partial charge in [-0.3, -0.25) is 4.79 Å². The minimum atomic E-state index is -0.362. The van der Waals surface area contributed by atoms with Crippen molar-refractivity contribution < 1.29 is 9.18 Å². The van der Waals surface area contributed by atoms with Crippen LogP contribution in [0.4, 0.5) is 4.39 Å². The van der Waals surface area contributed by atoms with Gasteiger partial charge in [0.15, 0.2) is 5.78 Å². The van der Waals surface area contributed by atoms with Crippen LogP contribution in [-0.4, -0.2) is 5.78 Å². The second kappa shape index (κ2) is 5.76. The zero-order valence-electron chi connectivity index (χ0n) is 10.7. The highest BCUT2D eigenvalue weighted by molar-refractivity contribution is 5.98. The SMILES string of the molecule is CC(C(=O)c1ccc(F)cc1)C(N)c1ccccc1. The van der Waals surface area contributed by atoms with Gasteiger partial charge in [0.1, 0.15) is 5.82 Å². The van der Waals surface area contributed by atoms with Crippen molar-refractivity contribution >= 4 is 5.78 Å². The van der Waals surface area contributed by atoms with Crippen molar-refractivity contribution in [3.63, 3.8) is 0 Å². The summed E-state index contributed by atoms with van der Waals surface area (Å²) in [5.41, 5.74) is 7.52. The zero-order chi connectivity index (χ0) is 13.8. The van der Waals surface area contributed by atoms with Crippen molar-refractivity contribution in [1.82, 2.24) is 0 Å². The average molecular weight is 257 g/mol. The first kappa shape index (κ1) is 13.4. The number of rotatable bonds is 4. The van der Waals surface area contributed by atoms with Gasteiger partial charge in [0.05, 0.1) is 0 Å². The molecule has 0 radical (unpaired) electrons. The lowest BCUT2D eigenvalue weighted by molar-refractivity contribution is 0.0912. The third-order valence-corrected chi connectivity index (χ3v) is 3.27. The maximum atomic E-state index is 12.8. The summed E-state index contributed by atoms with van der Waals surface area (Å²) in [6.45, 7) is 1.79. The highest BCUT2D eigenvalue weighted by Gasteiger charge is 2.23. The van der Waals surface area contributed by atoms with Crippen molar-refractivity contribution in [2.24, 2.45) is 11.7 Å². The molecule has 2 N–H and O–H groups in total. The summed E-state index contributed by atoms with van der Waals surface area (Å²) in [5.74, 6) is -0.777. The van der Waals surface area contributed by atoms with E-state index in [1.54, 1.807) is 6.92 Å². The van der Waals surface area contributed by atoms with Crippen LogP contribution in [0.2, 0.25) is 0 Å². The minimum Gasteiger partial charge on any atom is -0.323 e. The number of ketones is 1. The molecule has 0 fully saturated rings. The molecule has 2 aromatic rings. The first-order chi connectivity index (χ1) is 9.09. The summed E-state index contributed by atoms with van der Waals surface area (Å²) in [6.07, 6.45) is 0. The predicted molar refractivity (Wildman–Crippen MR) is 73.3 cm³/mol. The highest BCUT2D eigenvalue weighted by Crippen LogP contribution is 2.22. The molecule has 0 heterocycles. The fourth-order valence-electron chi connectivity index (χ4n) is 2.00. The first-order valence-corrected chi connectivity index (χ1v) is 6.20. The zero-order valence-corrected chi connectivity index (χ0v) is 10.7. The summed E-state index contributed by atoms with van der Waals surface area (Å²) in [4.78, 5) is 12.3. The number of carbonyl (C=O) groups is 1. The molecular formula is C16H16FNO. The molecular weight excluding hydrogens is 241 g/mol. The van der Waals surface area contributed by atoms with E-state index >= 15 is 0 Å². The number of hydrogen-bond donors (Lipinski definition) is 1. The Labute approximate surface area is 112 Å². The van der Waals surface area contributed by atoms with Crippen LogP contribution in [0.5, 0.6) is 0 Å². The fourth-order valence-corrected chi connectivity index (χ4v) is 2.00. The molecule has 0 aliphatic carbocycles. The molecule has 2 atom stereocenters. The Morgan fingerprint density at radius 3 is 2.21 bits per heavy atom. The smallest absolute Gasteiger partial charge is 0.167 e. The summed E-state index contributed by atoms with van der Waals surface area (Å²) in [6, 6.07) is 14.7. The van der Waals surface area contributed by atoms with Crippen molar-refractivity contribution in [1.29, 1.82) is 0 Å². The van der Waals surface area contributed by atoms with Gasteiger partial charge in [-0.2, -0.15) is 0 Å². The van der Waals surface area contributed by atoms with Crippen LogP contribution in [-0.2, 0) is 0 Å². The van der Waals surface area contributed by atoms with Gasteiger partial charge in [-0.1, -0.05) is 37.3 Å². The van der Waals surface area contributed by atoms with E-state index < -0.39 is 0 Å². The molecule has 0 aromatic heterocycles. The lowest BCUT2D eigenvalue weighted by Crippen LogP contribution is -2.26. The quantitative estimate of drug-likeness (QED) is 0.853. The number of Topliss-reactive ketones (excluding diaryl/α,β-unsaturated/α-hetero) is 1. The van der Waals surface area contributed by atoms with Gasteiger partial charge in [0, 0.05) is 17.5 Å². The Bertz CT molecular complexity index is 551. The molecule has 2 aromatic carbocycles. The lowest BCUT2D eigenvalue weighted by atomic mass is 9.89. The largest absolute Gasteiger partial charge is 0.323 e. The van der Waals surface area contributed by atoms with Crippen LogP contribution in [0.3, 0.4) is 0 Å². The summed E-state index contributed by atoms with van der Waals surface area (Å²) < 4.78 is 12.8. The number of hydrogen-bond acceptors (Lipinski definition) is 2. The molecule has 3 heteroatoms. The standard InChI is InChI=1S/C16H16FNO/c1-11(15(18)12-5-3-2-4-6-12)16(19)13-7-9-14(17)10-8-13/h2-11,15H,18H2,1H3. The van der Waals surface area contributed by atoms with Crippen LogP contribution >= 0.6 is 0 Å². The van der Waals surface area contributed by atoms with E-state index in [1.165, 1.54) is 24.3 Å². The number of benzene rings is 2. The number of carbonyl (C=O) groups excluding carboxylic acids is 1. The Balaban J connectivity index is 2.17. The average Bonchev–Trinajstić information content (AvgIpc) is 2.46. The van der Waals surface area contributed by atoms with Crippen molar-refractivity contribution in [3.8, 4) is 0 Å². The predicted octanol–water partition coefficient (Wildman–Crippen LogP) is 3.34. The van der Waals surface area contributed by atoms with E-state index in [-0.39, 0.29) is 23.6 Å². The van der Waals surface area contributed by atoms with Crippen LogP contribution in [0.15, 0.2) is 54.6 Å². The first-order valence-electron chi connectivity index (χ1n) is 6.20. The van der Waals surface area contributed by atoms with Crippen molar-refractivity contribution in [3.05, 3.63) is 71.5 Å². The normalized spacial score (nSPS) is 13.8. The Kier molecular flexibility index (Phi) is 4.07. The number of halogens is 1. The molecule has 98 valence electrons. The molecule has 0 saturated heterocycles. The van der Waals surface area contributed by atoms with Gasteiger partial charge in [0.25, 0.3) is 0 Å². The topological polar surface area (TPSA) is 43.1 Å². The van der Waals surface area contributed by atoms with Crippen LogP contribution in [0.25, 0.3) is 0 Å². The van der Waals surface area contributed by atoms with Crippen LogP contribution in [0, 0.1) is 11.7 Å². The van der Waals surface area contributed by atoms with Gasteiger partial charge < -0.3 is 5.73 Å². The van der Waals surface area contributed by atoms with Gasteiger partial charge in [-0.25, -0.2) is 4.39 Å². The van der Waals surface area contributed by atoms with Crippen LogP contribution < -0.4 is 5.73 Å². The molecule has 0 aliphatic rings. The lowest BCUT2D eigenvalue weighted by Gasteiger charge is -2.19. The van der Waals surface area contributed by atoms with Crippen molar-refractivity contribution in [2.45, 2.75) is 13.0 Å². The van der Waals surface area contributed by atoms with Gasteiger partial charge >= 0.3 is 0 Å². The molecule has 2 rings (SSSR count). The third kappa shape index (κ3) is 3.06. The van der Waals surface area contributed by atoms with Gasteiger partial charge in [-0.05, 0) is 29.8 Å². The van der Waals surface area contributed by atoms with Gasteiger partial charge in [0.2, 0.25) is 0 Å². The second-order valence-corrected chi connectivity index (χ2v) is 4.60. The molecule has 0 bridgehead atoms. The monoisotopic (exact) mass is 257 g/mol. The van der Waals surface area contributed by atoms with E-state index in [9.17, 15) is 9.18 Å². The molecule has 2 unspecified atom stereocenters. The molecule has 0 saturated carbocycles. The summed E-state index contributed by atoms with van der Waals surface area (Å²) >= 11 is 0.